The summed E-state index contributed by atoms with van der Waals surface area (Å²) in [6, 6.07) is 5.33. The predicted molar refractivity (Wildman–Crippen MR) is 65.1 cm³/mol. The van der Waals surface area contributed by atoms with Crippen molar-refractivity contribution in [1.29, 1.82) is 0 Å². The van der Waals surface area contributed by atoms with Gasteiger partial charge in [-0.25, -0.2) is 4.98 Å². The highest BCUT2D eigenvalue weighted by molar-refractivity contribution is 5.90. The Balaban J connectivity index is 2.34. The molecule has 1 rings (SSSR count). The molecule has 1 amide bonds. The first kappa shape index (κ1) is 13.4. The molecule has 2 N–H and O–H groups in total. The van der Waals surface area contributed by atoms with E-state index in [0.29, 0.717) is 24.8 Å². The zero-order valence-electron chi connectivity index (χ0n) is 10.0. The van der Waals surface area contributed by atoms with Gasteiger partial charge in [0.1, 0.15) is 18.2 Å². The SMILES string of the molecule is CNc1cccc(NC(=O)COCCOC)n1. The van der Waals surface area contributed by atoms with E-state index in [-0.39, 0.29) is 12.5 Å². The van der Waals surface area contributed by atoms with Crippen LogP contribution in [0.2, 0.25) is 0 Å². The highest BCUT2D eigenvalue weighted by atomic mass is 16.5. The predicted octanol–water partition coefficient (Wildman–Crippen LogP) is 0.725. The number of methoxy groups -OCH3 is 1. The molecular weight excluding hydrogens is 222 g/mol. The summed E-state index contributed by atoms with van der Waals surface area (Å²) < 4.78 is 9.88. The zero-order chi connectivity index (χ0) is 12.5. The first-order valence-corrected chi connectivity index (χ1v) is 5.27. The third-order valence-corrected chi connectivity index (χ3v) is 1.94. The lowest BCUT2D eigenvalue weighted by atomic mass is 10.4. The topological polar surface area (TPSA) is 72.5 Å². The maximum Gasteiger partial charge on any atom is 0.251 e. The van der Waals surface area contributed by atoms with Gasteiger partial charge >= 0.3 is 0 Å². The summed E-state index contributed by atoms with van der Waals surface area (Å²) in [5, 5.41) is 5.53. The number of carbonyl (C=O) groups excluding carboxylic acids is 1. The van der Waals surface area contributed by atoms with Crippen molar-refractivity contribution in [3.63, 3.8) is 0 Å². The first-order valence-electron chi connectivity index (χ1n) is 5.27. The van der Waals surface area contributed by atoms with Crippen LogP contribution in [0.5, 0.6) is 0 Å². The standard InChI is InChI=1S/C11H17N3O3/c1-12-9-4-3-5-10(13-9)14-11(15)8-17-7-6-16-2/h3-5H,6-8H2,1-2H3,(H2,12,13,14,15). The second-order valence-corrected chi connectivity index (χ2v) is 3.25. The molecule has 0 aliphatic rings. The van der Waals surface area contributed by atoms with Gasteiger partial charge < -0.3 is 20.1 Å². The van der Waals surface area contributed by atoms with Crippen LogP contribution >= 0.6 is 0 Å². The Morgan fingerprint density at radius 3 is 2.82 bits per heavy atom. The van der Waals surface area contributed by atoms with Crippen molar-refractivity contribution >= 4 is 17.5 Å². The maximum atomic E-state index is 11.4. The number of pyridine rings is 1. The molecule has 0 saturated carbocycles. The summed E-state index contributed by atoms with van der Waals surface area (Å²) in [4.78, 5) is 15.6. The average Bonchev–Trinajstić information content (AvgIpc) is 2.35. The van der Waals surface area contributed by atoms with Crippen molar-refractivity contribution < 1.29 is 14.3 Å². The quantitative estimate of drug-likeness (QED) is 0.686. The smallest absolute Gasteiger partial charge is 0.251 e. The Morgan fingerprint density at radius 2 is 2.12 bits per heavy atom. The van der Waals surface area contributed by atoms with E-state index in [0.717, 1.165) is 0 Å². The number of anilines is 2. The molecular formula is C11H17N3O3. The molecule has 0 atom stereocenters. The molecule has 0 fully saturated rings. The van der Waals surface area contributed by atoms with Crippen molar-refractivity contribution in [3.05, 3.63) is 18.2 Å². The number of amides is 1. The van der Waals surface area contributed by atoms with E-state index < -0.39 is 0 Å². The summed E-state index contributed by atoms with van der Waals surface area (Å²) in [6.07, 6.45) is 0. The van der Waals surface area contributed by atoms with E-state index in [4.69, 9.17) is 9.47 Å². The van der Waals surface area contributed by atoms with Gasteiger partial charge in [-0.3, -0.25) is 4.79 Å². The Morgan fingerprint density at radius 1 is 1.35 bits per heavy atom. The van der Waals surface area contributed by atoms with Crippen molar-refractivity contribution in [1.82, 2.24) is 4.98 Å². The van der Waals surface area contributed by atoms with Gasteiger partial charge in [-0.2, -0.15) is 0 Å². The molecule has 6 heteroatoms. The van der Waals surface area contributed by atoms with Gasteiger partial charge in [0.2, 0.25) is 0 Å². The minimum absolute atomic E-state index is 0.00514. The van der Waals surface area contributed by atoms with Crippen LogP contribution in [-0.2, 0) is 14.3 Å². The summed E-state index contributed by atoms with van der Waals surface area (Å²) in [5.41, 5.74) is 0. The number of carbonyl (C=O) groups is 1. The van der Waals surface area contributed by atoms with Crippen LogP contribution in [0.3, 0.4) is 0 Å². The Kier molecular flexibility index (Phi) is 5.98. The number of nitrogens with one attached hydrogen (secondary N) is 2. The van der Waals surface area contributed by atoms with Gasteiger partial charge in [-0.15, -0.1) is 0 Å². The van der Waals surface area contributed by atoms with E-state index in [2.05, 4.69) is 15.6 Å². The van der Waals surface area contributed by atoms with E-state index in [1.807, 2.05) is 6.07 Å². The lowest BCUT2D eigenvalue weighted by Gasteiger charge is -2.06. The Labute approximate surface area is 100 Å². The highest BCUT2D eigenvalue weighted by Gasteiger charge is 2.03. The minimum Gasteiger partial charge on any atom is -0.382 e. The third kappa shape index (κ3) is 5.28. The van der Waals surface area contributed by atoms with Crippen LogP contribution < -0.4 is 10.6 Å². The van der Waals surface area contributed by atoms with Gasteiger partial charge in [0.25, 0.3) is 5.91 Å². The van der Waals surface area contributed by atoms with Crippen LogP contribution in [-0.4, -0.2) is 44.9 Å². The fourth-order valence-corrected chi connectivity index (χ4v) is 1.13. The molecule has 17 heavy (non-hydrogen) atoms. The number of rotatable bonds is 7. The molecule has 0 bridgehead atoms. The maximum absolute atomic E-state index is 11.4. The number of aromatic nitrogens is 1. The molecule has 1 heterocycles. The minimum atomic E-state index is -0.234. The summed E-state index contributed by atoms with van der Waals surface area (Å²) in [7, 11) is 3.35. The van der Waals surface area contributed by atoms with Crippen LogP contribution in [0.1, 0.15) is 0 Å². The molecule has 0 unspecified atom stereocenters. The second-order valence-electron chi connectivity index (χ2n) is 3.25. The molecule has 1 aromatic heterocycles. The van der Waals surface area contributed by atoms with E-state index in [9.17, 15) is 4.79 Å². The summed E-state index contributed by atoms with van der Waals surface area (Å²) >= 11 is 0. The normalized spacial score (nSPS) is 10.0. The van der Waals surface area contributed by atoms with E-state index >= 15 is 0 Å². The molecule has 94 valence electrons. The number of ether oxygens (including phenoxy) is 2. The van der Waals surface area contributed by atoms with Crippen LogP contribution in [0.25, 0.3) is 0 Å². The van der Waals surface area contributed by atoms with Crippen molar-refractivity contribution in [2.75, 3.05) is 44.6 Å². The van der Waals surface area contributed by atoms with Gasteiger partial charge in [0.15, 0.2) is 0 Å². The van der Waals surface area contributed by atoms with E-state index in [1.165, 1.54) is 0 Å². The second kappa shape index (κ2) is 7.59. The summed E-state index contributed by atoms with van der Waals surface area (Å²) in [6.45, 7) is 0.865. The molecule has 1 aromatic rings. The number of nitrogens with zero attached hydrogens (tertiary/aromatic N) is 1. The van der Waals surface area contributed by atoms with Gasteiger partial charge in [0.05, 0.1) is 13.2 Å². The van der Waals surface area contributed by atoms with Crippen molar-refractivity contribution in [3.8, 4) is 0 Å². The first-order chi connectivity index (χ1) is 8.26. The van der Waals surface area contributed by atoms with Gasteiger partial charge in [-0.05, 0) is 12.1 Å². The van der Waals surface area contributed by atoms with E-state index in [1.54, 1.807) is 26.3 Å². The molecule has 0 aliphatic carbocycles. The van der Waals surface area contributed by atoms with Crippen molar-refractivity contribution in [2.45, 2.75) is 0 Å². The number of hydrogen-bond acceptors (Lipinski definition) is 5. The molecule has 0 aromatic carbocycles. The fraction of sp³-hybridized carbons (Fsp3) is 0.455. The van der Waals surface area contributed by atoms with Gasteiger partial charge in [0, 0.05) is 14.2 Å². The van der Waals surface area contributed by atoms with Crippen LogP contribution in [0, 0.1) is 0 Å². The highest BCUT2D eigenvalue weighted by Crippen LogP contribution is 2.07. The Hall–Kier alpha value is -1.66. The molecule has 0 saturated heterocycles. The third-order valence-electron chi connectivity index (χ3n) is 1.94. The lowest BCUT2D eigenvalue weighted by Crippen LogP contribution is -2.20. The number of hydrogen-bond donors (Lipinski definition) is 2. The van der Waals surface area contributed by atoms with Crippen molar-refractivity contribution in [2.24, 2.45) is 0 Å². The molecule has 6 nitrogen and oxygen atoms in total. The van der Waals surface area contributed by atoms with Gasteiger partial charge in [-0.1, -0.05) is 6.07 Å². The molecule has 0 aliphatic heterocycles. The molecule has 0 radical (unpaired) electrons. The Bertz CT molecular complexity index is 358. The fourth-order valence-electron chi connectivity index (χ4n) is 1.13. The largest absolute Gasteiger partial charge is 0.382 e. The average molecular weight is 239 g/mol. The van der Waals surface area contributed by atoms with Crippen LogP contribution in [0.4, 0.5) is 11.6 Å². The lowest BCUT2D eigenvalue weighted by molar-refractivity contribution is -0.121. The molecule has 0 spiro atoms. The monoisotopic (exact) mass is 239 g/mol. The van der Waals surface area contributed by atoms with Crippen LogP contribution in [0.15, 0.2) is 18.2 Å². The zero-order valence-corrected chi connectivity index (χ0v) is 10.0. The summed E-state index contributed by atoms with van der Waals surface area (Å²) in [5.74, 6) is 0.960.